The molecular formula is C68H125NO10. The number of carbonyl (C=O) groups is 2. The van der Waals surface area contributed by atoms with Gasteiger partial charge < -0.3 is 45.1 Å². The fraction of sp³-hybridized carbons (Fsp3) is 0.853. The predicted octanol–water partition coefficient (Wildman–Crippen LogP) is 16.4. The van der Waals surface area contributed by atoms with Crippen molar-refractivity contribution in [2.24, 2.45) is 0 Å². The Kier molecular flexibility index (Phi) is 54.3. The highest BCUT2D eigenvalue weighted by Crippen LogP contribution is 2.23. The summed E-state index contributed by atoms with van der Waals surface area (Å²) in [6, 6.07) is -0.828. The van der Waals surface area contributed by atoms with E-state index >= 15 is 0 Å². The minimum atomic E-state index is -1.58. The first-order chi connectivity index (χ1) is 38.7. The molecule has 1 rings (SSSR count). The maximum absolute atomic E-state index is 13.0. The maximum atomic E-state index is 13.0. The summed E-state index contributed by atoms with van der Waals surface area (Å²) in [5.41, 5.74) is 0. The summed E-state index contributed by atoms with van der Waals surface area (Å²) in [6.45, 7) is 4.31. The van der Waals surface area contributed by atoms with E-state index in [1.54, 1.807) is 6.08 Å². The Morgan fingerprint density at radius 3 is 1.33 bits per heavy atom. The van der Waals surface area contributed by atoms with Crippen LogP contribution in [0.25, 0.3) is 0 Å². The quantitative estimate of drug-likeness (QED) is 0.0195. The number of nitrogens with one attached hydrogen (secondary N) is 1. The molecule has 7 atom stereocenters. The molecule has 1 aliphatic heterocycles. The zero-order valence-electron chi connectivity index (χ0n) is 51.1. The number of aliphatic hydroxyl groups is 5. The summed E-state index contributed by atoms with van der Waals surface area (Å²) >= 11 is 0. The smallest absolute Gasteiger partial charge is 0.305 e. The highest BCUT2D eigenvalue weighted by molar-refractivity contribution is 5.76. The van der Waals surface area contributed by atoms with Gasteiger partial charge in [-0.15, -0.1) is 0 Å². The molecule has 1 fully saturated rings. The van der Waals surface area contributed by atoms with E-state index in [2.05, 4.69) is 55.6 Å². The van der Waals surface area contributed by atoms with Gasteiger partial charge in [-0.2, -0.15) is 0 Å². The SMILES string of the molecule is CCCCCCC/C=C/CC/C=C/C(O)C(COC1OC(CO)C(O)C(O)C1O)NC(=O)CCCCCCCCCCCCCCC/C=C\C/C=C\CCCCCCCCCCCOC(=O)CCCCCCCCCCCCC. The topological polar surface area (TPSA) is 175 Å². The number of rotatable bonds is 58. The molecule has 0 radical (unpaired) electrons. The summed E-state index contributed by atoms with van der Waals surface area (Å²) in [5, 5.41) is 54.3. The highest BCUT2D eigenvalue weighted by atomic mass is 16.7. The number of carbonyl (C=O) groups excluding carboxylic acids is 2. The van der Waals surface area contributed by atoms with Gasteiger partial charge in [0.25, 0.3) is 0 Å². The standard InChI is InChI=1S/C68H125NO10/c1-3-5-7-9-11-13-34-38-42-46-50-54-61(71)60(59-78-68-67(76)66(75)65(74)62(58-70)79-68)69-63(72)55-51-47-43-39-36-32-30-28-26-24-22-20-18-16-15-17-19-21-23-25-27-29-31-33-37-41-45-49-53-57-77-64(73)56-52-48-44-40-35-14-12-10-8-6-4-2/h15,17,21,23,34,38,50,54,60-62,65-68,70-71,74-76H,3-14,16,18-20,22,24-33,35-37,39-49,51-53,55-59H2,1-2H3,(H,69,72)/b17-15-,23-21-,38-34+,54-50+. The summed E-state index contributed by atoms with van der Waals surface area (Å²) in [7, 11) is 0. The first-order valence-electron chi connectivity index (χ1n) is 33.4. The molecular weight excluding hydrogens is 991 g/mol. The fourth-order valence-electron chi connectivity index (χ4n) is 10.4. The van der Waals surface area contributed by atoms with Crippen molar-refractivity contribution in [1.29, 1.82) is 0 Å². The van der Waals surface area contributed by atoms with Crippen LogP contribution in [0.15, 0.2) is 48.6 Å². The van der Waals surface area contributed by atoms with E-state index < -0.39 is 49.5 Å². The van der Waals surface area contributed by atoms with E-state index in [1.165, 1.54) is 218 Å². The van der Waals surface area contributed by atoms with Gasteiger partial charge in [-0.25, -0.2) is 0 Å². The predicted molar refractivity (Wildman–Crippen MR) is 329 cm³/mol. The summed E-state index contributed by atoms with van der Waals surface area (Å²) in [6.07, 6.45) is 63.8. The molecule has 0 aromatic carbocycles. The number of amides is 1. The van der Waals surface area contributed by atoms with E-state index in [9.17, 15) is 35.1 Å². The van der Waals surface area contributed by atoms with Crippen LogP contribution in [0.3, 0.4) is 0 Å². The lowest BCUT2D eigenvalue weighted by molar-refractivity contribution is -0.302. The number of hydrogen-bond donors (Lipinski definition) is 6. The van der Waals surface area contributed by atoms with Crippen molar-refractivity contribution < 1.29 is 49.3 Å². The van der Waals surface area contributed by atoms with Crippen molar-refractivity contribution >= 4 is 11.9 Å². The molecule has 0 aromatic heterocycles. The molecule has 0 aromatic rings. The number of hydrogen-bond acceptors (Lipinski definition) is 10. The zero-order chi connectivity index (χ0) is 57.3. The van der Waals surface area contributed by atoms with Crippen molar-refractivity contribution in [3.8, 4) is 0 Å². The molecule has 79 heavy (non-hydrogen) atoms. The normalized spacial score (nSPS) is 18.7. The monoisotopic (exact) mass is 1120 g/mol. The highest BCUT2D eigenvalue weighted by Gasteiger charge is 2.44. The largest absolute Gasteiger partial charge is 0.466 e. The third-order valence-electron chi connectivity index (χ3n) is 15.7. The Balaban J connectivity index is 2.00. The number of unbranched alkanes of at least 4 members (excludes halogenated alkanes) is 38. The van der Waals surface area contributed by atoms with E-state index in [0.29, 0.717) is 19.4 Å². The molecule has 11 nitrogen and oxygen atoms in total. The molecule has 0 saturated carbocycles. The van der Waals surface area contributed by atoms with Crippen molar-refractivity contribution in [3.05, 3.63) is 48.6 Å². The van der Waals surface area contributed by atoms with Gasteiger partial charge >= 0.3 is 5.97 Å². The third-order valence-corrected chi connectivity index (χ3v) is 15.7. The van der Waals surface area contributed by atoms with Crippen molar-refractivity contribution in [2.45, 2.75) is 352 Å². The first-order valence-corrected chi connectivity index (χ1v) is 33.4. The molecule has 1 aliphatic rings. The molecule has 0 bridgehead atoms. The lowest BCUT2D eigenvalue weighted by Gasteiger charge is -2.40. The minimum Gasteiger partial charge on any atom is -0.466 e. The van der Waals surface area contributed by atoms with Gasteiger partial charge in [0.15, 0.2) is 6.29 Å². The van der Waals surface area contributed by atoms with Crippen LogP contribution in [0.2, 0.25) is 0 Å². The Labute approximate surface area is 485 Å². The Morgan fingerprint density at radius 1 is 0.468 bits per heavy atom. The van der Waals surface area contributed by atoms with Gasteiger partial charge in [-0.3, -0.25) is 9.59 Å². The van der Waals surface area contributed by atoms with Crippen LogP contribution in [0, 0.1) is 0 Å². The summed E-state index contributed by atoms with van der Waals surface area (Å²) in [4.78, 5) is 25.0. The van der Waals surface area contributed by atoms with Crippen LogP contribution < -0.4 is 5.32 Å². The van der Waals surface area contributed by atoms with Gasteiger partial charge in [0.2, 0.25) is 5.91 Å². The van der Waals surface area contributed by atoms with E-state index in [-0.39, 0.29) is 18.5 Å². The minimum absolute atomic E-state index is 0.00252. The number of esters is 1. The summed E-state index contributed by atoms with van der Waals surface area (Å²) in [5.74, 6) is -0.191. The van der Waals surface area contributed by atoms with E-state index in [0.717, 1.165) is 64.2 Å². The molecule has 1 amide bonds. The summed E-state index contributed by atoms with van der Waals surface area (Å²) < 4.78 is 16.7. The van der Waals surface area contributed by atoms with Crippen LogP contribution >= 0.6 is 0 Å². The molecule has 1 heterocycles. The lowest BCUT2D eigenvalue weighted by atomic mass is 9.99. The molecule has 6 N–H and O–H groups in total. The average molecular weight is 1120 g/mol. The Hall–Kier alpha value is -2.38. The molecule has 0 spiro atoms. The van der Waals surface area contributed by atoms with Gasteiger partial charge in [0.1, 0.15) is 24.4 Å². The molecule has 0 aliphatic carbocycles. The second-order valence-electron chi connectivity index (χ2n) is 23.2. The fourth-order valence-corrected chi connectivity index (χ4v) is 10.4. The molecule has 462 valence electrons. The van der Waals surface area contributed by atoms with E-state index in [1.807, 2.05) is 6.08 Å². The van der Waals surface area contributed by atoms with Crippen LogP contribution in [0.5, 0.6) is 0 Å². The van der Waals surface area contributed by atoms with Gasteiger partial charge in [0, 0.05) is 12.8 Å². The maximum Gasteiger partial charge on any atom is 0.305 e. The van der Waals surface area contributed by atoms with Crippen LogP contribution in [-0.4, -0.2) is 100 Å². The first kappa shape index (κ1) is 74.6. The Bertz CT molecular complexity index is 1450. The molecule has 1 saturated heterocycles. The van der Waals surface area contributed by atoms with Gasteiger partial charge in [-0.1, -0.05) is 268 Å². The number of aliphatic hydroxyl groups excluding tert-OH is 5. The average Bonchev–Trinajstić information content (AvgIpc) is 3.49. The Morgan fingerprint density at radius 2 is 0.861 bits per heavy atom. The van der Waals surface area contributed by atoms with Crippen LogP contribution in [0.4, 0.5) is 0 Å². The second kappa shape index (κ2) is 57.4. The zero-order valence-corrected chi connectivity index (χ0v) is 51.1. The number of ether oxygens (including phenoxy) is 3. The van der Waals surface area contributed by atoms with Crippen LogP contribution in [0.1, 0.15) is 309 Å². The lowest BCUT2D eigenvalue weighted by Crippen LogP contribution is -2.60. The van der Waals surface area contributed by atoms with Crippen molar-refractivity contribution in [3.63, 3.8) is 0 Å². The van der Waals surface area contributed by atoms with Crippen molar-refractivity contribution in [1.82, 2.24) is 5.32 Å². The molecule has 7 unspecified atom stereocenters. The number of allylic oxidation sites excluding steroid dienone is 7. The molecule has 11 heteroatoms. The third kappa shape index (κ3) is 46.8. The van der Waals surface area contributed by atoms with Crippen molar-refractivity contribution in [2.75, 3.05) is 19.8 Å². The van der Waals surface area contributed by atoms with E-state index in [4.69, 9.17) is 14.2 Å². The second-order valence-corrected chi connectivity index (χ2v) is 23.2. The van der Waals surface area contributed by atoms with Crippen LogP contribution in [-0.2, 0) is 23.8 Å². The van der Waals surface area contributed by atoms with Gasteiger partial charge in [-0.05, 0) is 77.0 Å². The van der Waals surface area contributed by atoms with Gasteiger partial charge in [0.05, 0.1) is 32.0 Å².